The van der Waals surface area contributed by atoms with Gasteiger partial charge in [-0.1, -0.05) is 48.3 Å². The van der Waals surface area contributed by atoms with Gasteiger partial charge in [0.25, 0.3) is 5.91 Å². The molecule has 0 aliphatic rings. The lowest BCUT2D eigenvalue weighted by Gasteiger charge is -2.29. The van der Waals surface area contributed by atoms with Crippen molar-refractivity contribution >= 4 is 35.0 Å². The summed E-state index contributed by atoms with van der Waals surface area (Å²) in [4.78, 5) is 27.1. The second-order valence-electron chi connectivity index (χ2n) is 7.18. The van der Waals surface area contributed by atoms with Crippen LogP contribution in [0.25, 0.3) is 0 Å². The summed E-state index contributed by atoms with van der Waals surface area (Å²) in [6.07, 6.45) is 0.804. The number of benzene rings is 2. The van der Waals surface area contributed by atoms with Crippen LogP contribution in [0.2, 0.25) is 10.0 Å². The minimum atomic E-state index is -0.710. The number of hydrogen-bond acceptors (Lipinski definition) is 3. The molecule has 0 saturated carbocycles. The molecule has 30 heavy (non-hydrogen) atoms. The molecule has 0 aliphatic carbocycles. The van der Waals surface area contributed by atoms with E-state index in [1.54, 1.807) is 25.1 Å². The average Bonchev–Trinajstić information content (AvgIpc) is 2.72. The lowest BCUT2D eigenvalue weighted by Crippen LogP contribution is -2.49. The number of carbonyl (C=O) groups excluding carboxylic acids is 2. The Bertz CT molecular complexity index is 882. The molecule has 0 saturated heterocycles. The van der Waals surface area contributed by atoms with E-state index in [2.05, 4.69) is 5.32 Å². The van der Waals surface area contributed by atoms with Gasteiger partial charge in [-0.25, -0.2) is 0 Å². The number of ether oxygens (including phenoxy) is 1. The summed E-state index contributed by atoms with van der Waals surface area (Å²) in [6, 6.07) is 10.1. The van der Waals surface area contributed by atoms with Gasteiger partial charge >= 0.3 is 0 Å². The second-order valence-corrected chi connectivity index (χ2v) is 7.99. The van der Waals surface area contributed by atoms with Gasteiger partial charge in [0.2, 0.25) is 5.91 Å². The fourth-order valence-electron chi connectivity index (χ4n) is 2.94. The minimum absolute atomic E-state index is 0.105. The average molecular weight is 451 g/mol. The van der Waals surface area contributed by atoms with Crippen LogP contribution >= 0.6 is 23.2 Å². The van der Waals surface area contributed by atoms with Crippen LogP contribution in [0.3, 0.4) is 0 Å². The SMILES string of the molecule is CCCNC(=O)[C@H](C)N(Cc1c(Cl)cccc1Cl)C(=O)COc1cccc(C)c1C. The first kappa shape index (κ1) is 24.0. The van der Waals surface area contributed by atoms with Crippen molar-refractivity contribution in [3.8, 4) is 5.75 Å². The van der Waals surface area contributed by atoms with Gasteiger partial charge in [0.15, 0.2) is 6.61 Å². The zero-order valence-electron chi connectivity index (χ0n) is 17.8. The third-order valence-corrected chi connectivity index (χ3v) is 5.72. The summed E-state index contributed by atoms with van der Waals surface area (Å²) >= 11 is 12.6. The highest BCUT2D eigenvalue weighted by Crippen LogP contribution is 2.27. The molecule has 162 valence electrons. The summed E-state index contributed by atoms with van der Waals surface area (Å²) in [6.45, 7) is 8.02. The summed E-state index contributed by atoms with van der Waals surface area (Å²) in [5.41, 5.74) is 2.64. The lowest BCUT2D eigenvalue weighted by molar-refractivity contribution is -0.142. The lowest BCUT2D eigenvalue weighted by atomic mass is 10.1. The Morgan fingerprint density at radius 2 is 1.73 bits per heavy atom. The molecule has 0 radical (unpaired) electrons. The Labute approximate surface area is 188 Å². The van der Waals surface area contributed by atoms with Gasteiger partial charge in [-0.3, -0.25) is 9.59 Å². The predicted octanol–water partition coefficient (Wildman–Crippen LogP) is 4.93. The Kier molecular flexibility index (Phi) is 9.00. The molecule has 0 spiro atoms. The molecule has 1 atom stereocenters. The molecular weight excluding hydrogens is 423 g/mol. The van der Waals surface area contributed by atoms with Crippen LogP contribution in [0.1, 0.15) is 37.0 Å². The molecule has 2 rings (SSSR count). The third kappa shape index (κ3) is 6.13. The number of carbonyl (C=O) groups is 2. The summed E-state index contributed by atoms with van der Waals surface area (Å²) in [7, 11) is 0. The Balaban J connectivity index is 2.24. The van der Waals surface area contributed by atoms with Crippen molar-refractivity contribution in [1.82, 2.24) is 10.2 Å². The van der Waals surface area contributed by atoms with Crippen LogP contribution in [0.4, 0.5) is 0 Å². The van der Waals surface area contributed by atoms with Gasteiger partial charge in [-0.2, -0.15) is 0 Å². The van der Waals surface area contributed by atoms with E-state index in [-0.39, 0.29) is 25.0 Å². The zero-order chi connectivity index (χ0) is 22.3. The van der Waals surface area contributed by atoms with Gasteiger partial charge in [0.05, 0.1) is 0 Å². The number of nitrogens with zero attached hydrogens (tertiary/aromatic N) is 1. The van der Waals surface area contributed by atoms with Crippen LogP contribution in [0.15, 0.2) is 36.4 Å². The fourth-order valence-corrected chi connectivity index (χ4v) is 3.45. The van der Waals surface area contributed by atoms with Gasteiger partial charge in [0, 0.05) is 28.7 Å². The fraction of sp³-hybridized carbons (Fsp3) is 0.391. The maximum absolute atomic E-state index is 13.1. The van der Waals surface area contributed by atoms with Crippen LogP contribution < -0.4 is 10.1 Å². The molecule has 0 aromatic heterocycles. The summed E-state index contributed by atoms with van der Waals surface area (Å²) in [5.74, 6) is 0.0771. The Morgan fingerprint density at radius 3 is 2.37 bits per heavy atom. The first-order valence-electron chi connectivity index (χ1n) is 9.95. The van der Waals surface area contributed by atoms with Crippen LogP contribution in [0.5, 0.6) is 5.75 Å². The molecule has 0 fully saturated rings. The summed E-state index contributed by atoms with van der Waals surface area (Å²) in [5, 5.41) is 3.72. The van der Waals surface area contributed by atoms with E-state index in [0.717, 1.165) is 17.5 Å². The van der Waals surface area contributed by atoms with Crippen LogP contribution in [-0.2, 0) is 16.1 Å². The van der Waals surface area contributed by atoms with Gasteiger partial charge in [-0.15, -0.1) is 0 Å². The minimum Gasteiger partial charge on any atom is -0.483 e. The molecule has 2 aromatic rings. The van der Waals surface area contributed by atoms with Crippen LogP contribution in [0, 0.1) is 13.8 Å². The number of nitrogens with one attached hydrogen (secondary N) is 1. The van der Waals surface area contributed by atoms with E-state index < -0.39 is 6.04 Å². The third-order valence-electron chi connectivity index (χ3n) is 5.01. The molecular formula is C23H28Cl2N2O3. The quantitative estimate of drug-likeness (QED) is 0.588. The van der Waals surface area contributed by atoms with Gasteiger partial charge < -0.3 is 15.0 Å². The van der Waals surface area contributed by atoms with Crippen molar-refractivity contribution in [2.24, 2.45) is 0 Å². The highest BCUT2D eigenvalue weighted by Gasteiger charge is 2.27. The molecule has 0 heterocycles. The number of hydrogen-bond donors (Lipinski definition) is 1. The number of rotatable bonds is 9. The topological polar surface area (TPSA) is 58.6 Å². The second kappa shape index (κ2) is 11.2. The van der Waals surface area contributed by atoms with Crippen molar-refractivity contribution in [2.75, 3.05) is 13.2 Å². The smallest absolute Gasteiger partial charge is 0.261 e. The normalized spacial score (nSPS) is 11.7. The molecule has 2 amide bonds. The molecule has 7 heteroatoms. The Morgan fingerprint density at radius 1 is 1.10 bits per heavy atom. The molecule has 0 aliphatic heterocycles. The first-order valence-corrected chi connectivity index (χ1v) is 10.7. The van der Waals surface area contributed by atoms with Crippen molar-refractivity contribution in [3.05, 3.63) is 63.1 Å². The van der Waals surface area contributed by atoms with Crippen LogP contribution in [-0.4, -0.2) is 35.9 Å². The van der Waals surface area contributed by atoms with Gasteiger partial charge in [-0.05, 0) is 56.5 Å². The van der Waals surface area contributed by atoms with Gasteiger partial charge in [0.1, 0.15) is 11.8 Å². The maximum atomic E-state index is 13.1. The van der Waals surface area contributed by atoms with Crippen molar-refractivity contribution in [2.45, 2.75) is 46.7 Å². The molecule has 0 bridgehead atoms. The molecule has 2 aromatic carbocycles. The van der Waals surface area contributed by atoms with E-state index in [1.165, 1.54) is 4.90 Å². The first-order chi connectivity index (χ1) is 14.3. The number of aryl methyl sites for hydroxylation is 1. The number of halogens is 2. The monoisotopic (exact) mass is 450 g/mol. The zero-order valence-corrected chi connectivity index (χ0v) is 19.3. The standard InChI is InChI=1S/C23H28Cl2N2O3/c1-5-12-26-23(29)17(4)27(13-18-19(24)9-7-10-20(18)25)22(28)14-30-21-11-6-8-15(2)16(21)3/h6-11,17H,5,12-14H2,1-4H3,(H,26,29)/t17-/m0/s1. The van der Waals surface area contributed by atoms with E-state index in [4.69, 9.17) is 27.9 Å². The predicted molar refractivity (Wildman–Crippen MR) is 121 cm³/mol. The maximum Gasteiger partial charge on any atom is 0.261 e. The van der Waals surface area contributed by atoms with Crippen molar-refractivity contribution in [3.63, 3.8) is 0 Å². The van der Waals surface area contributed by atoms with E-state index in [0.29, 0.717) is 27.9 Å². The van der Waals surface area contributed by atoms with Crippen molar-refractivity contribution < 1.29 is 14.3 Å². The highest BCUT2D eigenvalue weighted by molar-refractivity contribution is 6.36. The van der Waals surface area contributed by atoms with E-state index in [1.807, 2.05) is 39.0 Å². The Hall–Kier alpha value is -2.24. The molecule has 0 unspecified atom stereocenters. The highest BCUT2D eigenvalue weighted by atomic mass is 35.5. The van der Waals surface area contributed by atoms with E-state index >= 15 is 0 Å². The van der Waals surface area contributed by atoms with E-state index in [9.17, 15) is 9.59 Å². The molecule has 5 nitrogen and oxygen atoms in total. The number of amides is 2. The summed E-state index contributed by atoms with van der Waals surface area (Å²) < 4.78 is 5.78. The molecule has 1 N–H and O–H groups in total. The largest absolute Gasteiger partial charge is 0.483 e. The van der Waals surface area contributed by atoms with Crippen molar-refractivity contribution in [1.29, 1.82) is 0 Å².